The number of aliphatic hydroxyl groups is 1. The van der Waals surface area contributed by atoms with Crippen LogP contribution in [-0.4, -0.2) is 62.1 Å². The quantitative estimate of drug-likeness (QED) is 0.447. The van der Waals surface area contributed by atoms with Crippen LogP contribution >= 0.6 is 0 Å². The van der Waals surface area contributed by atoms with Crippen molar-refractivity contribution in [3.05, 3.63) is 16.3 Å². The van der Waals surface area contributed by atoms with Crippen LogP contribution < -0.4 is 4.74 Å². The monoisotopic (exact) mass is 383 g/mol. The average Bonchev–Trinajstić information content (AvgIpc) is 3.15. The van der Waals surface area contributed by atoms with Crippen molar-refractivity contribution in [1.82, 2.24) is 14.8 Å². The van der Waals surface area contributed by atoms with Crippen LogP contribution in [0, 0.1) is 10.1 Å². The number of hydrogen-bond acceptors (Lipinski definition) is 7. The number of nitrogens with zero attached hydrogens (tertiary/aromatic N) is 5. The summed E-state index contributed by atoms with van der Waals surface area (Å²) in [5.74, 6) is -1.76. The zero-order chi connectivity index (χ0) is 19.8. The lowest BCUT2D eigenvalue weighted by molar-refractivity contribution is -0.385. The highest BCUT2D eigenvalue weighted by molar-refractivity contribution is 5.93. The van der Waals surface area contributed by atoms with Crippen LogP contribution in [0.15, 0.2) is 11.3 Å². The number of nitro groups is 1. The van der Waals surface area contributed by atoms with E-state index in [0.717, 1.165) is 24.9 Å². The van der Waals surface area contributed by atoms with E-state index in [2.05, 4.69) is 14.9 Å². The Labute approximate surface area is 142 Å². The highest BCUT2D eigenvalue weighted by Gasteiger charge is 2.54. The number of rotatable bonds is 6. The smallest absolute Gasteiger partial charge is 0.350 e. The van der Waals surface area contributed by atoms with E-state index < -0.39 is 59.1 Å². The lowest BCUT2D eigenvalue weighted by atomic mass is 10.1. The minimum absolute atomic E-state index is 0.135. The predicted octanol–water partition coefficient (Wildman–Crippen LogP) is 1.17. The van der Waals surface area contributed by atoms with Crippen molar-refractivity contribution in [3.8, 4) is 5.88 Å². The summed E-state index contributed by atoms with van der Waals surface area (Å²) < 4.78 is 57.3. The molecule has 0 saturated carbocycles. The topological polar surface area (TPSA) is 123 Å². The summed E-state index contributed by atoms with van der Waals surface area (Å²) in [6.45, 7) is 1.11. The van der Waals surface area contributed by atoms with E-state index in [4.69, 9.17) is 0 Å². The van der Waals surface area contributed by atoms with Crippen LogP contribution in [0.1, 0.15) is 19.4 Å². The summed E-state index contributed by atoms with van der Waals surface area (Å²) in [5, 5.41) is 27.4. The van der Waals surface area contributed by atoms with Crippen molar-refractivity contribution in [2.24, 2.45) is 5.10 Å². The van der Waals surface area contributed by atoms with Gasteiger partial charge in [-0.15, -0.1) is 5.10 Å². The number of methoxy groups -OCH3 is 1. The van der Waals surface area contributed by atoms with Gasteiger partial charge < -0.3 is 9.84 Å². The van der Waals surface area contributed by atoms with Crippen molar-refractivity contribution in [1.29, 1.82) is 0 Å². The largest absolute Gasteiger partial charge is 0.475 e. The Bertz CT molecular complexity index is 754. The molecule has 0 aromatic carbocycles. The number of hydrogen-bond donors (Lipinski definition) is 1. The maximum absolute atomic E-state index is 13.2. The molecule has 2 rings (SSSR count). The van der Waals surface area contributed by atoms with Gasteiger partial charge in [-0.2, -0.15) is 10.1 Å². The van der Waals surface area contributed by atoms with Crippen molar-refractivity contribution >= 4 is 17.3 Å². The van der Waals surface area contributed by atoms with Crippen LogP contribution in [0.3, 0.4) is 0 Å². The normalized spacial score (nSPS) is 21.3. The van der Waals surface area contributed by atoms with Gasteiger partial charge in [0, 0.05) is 6.42 Å². The first-order valence-electron chi connectivity index (χ1n) is 7.00. The molecule has 26 heavy (non-hydrogen) atoms. The van der Waals surface area contributed by atoms with Crippen molar-refractivity contribution in [2.75, 3.05) is 7.11 Å². The average molecular weight is 383 g/mol. The zero-order valence-electron chi connectivity index (χ0n) is 13.3. The van der Waals surface area contributed by atoms with E-state index in [9.17, 15) is 37.6 Å². The molecule has 144 valence electrons. The lowest BCUT2D eigenvalue weighted by Crippen LogP contribution is -2.53. The molecule has 0 aliphatic carbocycles. The van der Waals surface area contributed by atoms with Gasteiger partial charge >= 0.3 is 11.6 Å². The maximum Gasteiger partial charge on any atom is 0.350 e. The second-order valence-electron chi connectivity index (χ2n) is 5.33. The Morgan fingerprint density at radius 1 is 1.46 bits per heavy atom. The number of carbonyl (C=O) groups excluding carboxylic acids is 1. The fourth-order valence-electron chi connectivity index (χ4n) is 2.25. The highest BCUT2D eigenvalue weighted by atomic mass is 19.3. The van der Waals surface area contributed by atoms with Gasteiger partial charge in [0.2, 0.25) is 5.72 Å². The van der Waals surface area contributed by atoms with Gasteiger partial charge in [-0.1, -0.05) is 0 Å². The van der Waals surface area contributed by atoms with E-state index in [0.29, 0.717) is 0 Å². The third-order valence-electron chi connectivity index (χ3n) is 3.67. The summed E-state index contributed by atoms with van der Waals surface area (Å²) in [6, 6.07) is -1.48. The summed E-state index contributed by atoms with van der Waals surface area (Å²) in [7, 11) is 1.08. The molecule has 10 nitrogen and oxygen atoms in total. The van der Waals surface area contributed by atoms with Crippen molar-refractivity contribution in [2.45, 2.75) is 38.0 Å². The first-order chi connectivity index (χ1) is 12.0. The molecule has 0 bridgehead atoms. The molecule has 1 aromatic rings. The summed E-state index contributed by atoms with van der Waals surface area (Å²) >= 11 is 0. The molecule has 0 radical (unpaired) electrons. The summed E-state index contributed by atoms with van der Waals surface area (Å²) in [5.41, 5.74) is -4.94. The van der Waals surface area contributed by atoms with E-state index >= 15 is 0 Å². The van der Waals surface area contributed by atoms with Gasteiger partial charge in [-0.25, -0.2) is 22.2 Å². The molecule has 0 unspecified atom stereocenters. The molecule has 1 aliphatic rings. The third-order valence-corrected chi connectivity index (χ3v) is 3.67. The first-order valence-corrected chi connectivity index (χ1v) is 7.00. The van der Waals surface area contributed by atoms with Crippen molar-refractivity contribution < 1.29 is 37.1 Å². The molecule has 2 atom stereocenters. The molecule has 0 fully saturated rings. The minimum Gasteiger partial charge on any atom is -0.475 e. The lowest BCUT2D eigenvalue weighted by Gasteiger charge is -2.31. The number of hydrazone groups is 1. The molecule has 14 heteroatoms. The predicted molar refractivity (Wildman–Crippen MR) is 76.0 cm³/mol. The Balaban J connectivity index is 2.38. The number of carbonyl (C=O) groups is 1. The molecular weight excluding hydrogens is 370 g/mol. The maximum atomic E-state index is 13.2. The Morgan fingerprint density at radius 3 is 2.50 bits per heavy atom. The van der Waals surface area contributed by atoms with E-state index in [1.807, 2.05) is 0 Å². The zero-order valence-corrected chi connectivity index (χ0v) is 13.3. The first kappa shape index (κ1) is 19.6. The van der Waals surface area contributed by atoms with Gasteiger partial charge in [0.1, 0.15) is 18.0 Å². The second-order valence-corrected chi connectivity index (χ2v) is 5.33. The minimum atomic E-state index is -3.58. The Morgan fingerprint density at radius 2 is 2.08 bits per heavy atom. The molecule has 1 amide bonds. The molecular formula is C12H13F4N5O5. The van der Waals surface area contributed by atoms with Gasteiger partial charge in [0.15, 0.2) is 0 Å². The van der Waals surface area contributed by atoms with Crippen LogP contribution in [0.2, 0.25) is 0 Å². The van der Waals surface area contributed by atoms with Gasteiger partial charge in [0.25, 0.3) is 18.8 Å². The Kier molecular flexibility index (Phi) is 5.16. The number of aromatic nitrogens is 2. The van der Waals surface area contributed by atoms with Crippen LogP contribution in [0.4, 0.5) is 23.2 Å². The molecule has 1 aliphatic heterocycles. The molecule has 0 saturated heterocycles. The Hall–Kier alpha value is -2.77. The number of amides is 1. The van der Waals surface area contributed by atoms with Crippen LogP contribution in [-0.2, 0) is 4.79 Å². The second kappa shape index (κ2) is 6.86. The van der Waals surface area contributed by atoms with E-state index in [1.165, 1.54) is 0 Å². The number of alkyl halides is 4. The van der Waals surface area contributed by atoms with Gasteiger partial charge in [-0.3, -0.25) is 14.9 Å². The molecule has 0 spiro atoms. The standard InChI is InChI=1S/C12H13F4N5O5/c1-5(19-4-7(21(24)25)9(18-19)26-2)10(22)20-12(23,11(15)16)3-6(17-20)8(13)14/h4-5,8,11,23H,3H2,1-2H3/t5-,12-/m0/s1. The van der Waals surface area contributed by atoms with Crippen LogP contribution in [0.25, 0.3) is 0 Å². The fraction of sp³-hybridized carbons (Fsp3) is 0.583. The fourth-order valence-corrected chi connectivity index (χ4v) is 2.25. The highest BCUT2D eigenvalue weighted by Crippen LogP contribution is 2.35. The SMILES string of the molecule is COc1nn([C@@H](C)C(=O)N2N=C(C(F)F)C[C@]2(O)C(F)F)cc1[N+](=O)[O-]. The van der Waals surface area contributed by atoms with Crippen LogP contribution in [0.5, 0.6) is 5.88 Å². The van der Waals surface area contributed by atoms with Crippen molar-refractivity contribution in [3.63, 3.8) is 0 Å². The van der Waals surface area contributed by atoms with E-state index in [-0.39, 0.29) is 5.01 Å². The number of halogens is 4. The third kappa shape index (κ3) is 3.18. The summed E-state index contributed by atoms with van der Waals surface area (Å²) in [6.07, 6.45) is -7.26. The summed E-state index contributed by atoms with van der Waals surface area (Å²) in [4.78, 5) is 22.5. The van der Waals surface area contributed by atoms with Gasteiger partial charge in [0.05, 0.1) is 12.0 Å². The number of ether oxygens (including phenoxy) is 1. The molecule has 2 heterocycles. The van der Waals surface area contributed by atoms with Gasteiger partial charge in [-0.05, 0) is 6.92 Å². The molecule has 1 aromatic heterocycles. The van der Waals surface area contributed by atoms with E-state index in [1.54, 1.807) is 0 Å². The molecule has 1 N–H and O–H groups in total.